The van der Waals surface area contributed by atoms with E-state index in [0.29, 0.717) is 5.71 Å². The lowest BCUT2D eigenvalue weighted by atomic mass is 10.4. The van der Waals surface area contributed by atoms with Crippen LogP contribution in [0, 0.1) is 0 Å². The van der Waals surface area contributed by atoms with Crippen LogP contribution in [0.2, 0.25) is 0 Å². The molecule has 2 heteroatoms. The van der Waals surface area contributed by atoms with Crippen molar-refractivity contribution in [3.05, 3.63) is 23.6 Å². The summed E-state index contributed by atoms with van der Waals surface area (Å²) in [5.41, 5.74) is 5.87. The van der Waals surface area contributed by atoms with Crippen LogP contribution in [-0.2, 0) is 0 Å². The van der Waals surface area contributed by atoms with E-state index in [0.717, 1.165) is 0 Å². The fourth-order valence-electron chi connectivity index (χ4n) is 0.258. The quantitative estimate of drug-likeness (QED) is 0.245. The van der Waals surface area contributed by atoms with Gasteiger partial charge in [-0.25, -0.2) is 0 Å². The highest BCUT2D eigenvalue weighted by Crippen LogP contribution is 1.73. The van der Waals surface area contributed by atoms with Crippen molar-refractivity contribution < 1.29 is 5.21 Å². The molecule has 0 spiro atoms. The second kappa shape index (κ2) is 4.92. The van der Waals surface area contributed by atoms with Crippen LogP contribution >= 0.6 is 0 Å². The van der Waals surface area contributed by atoms with Gasteiger partial charge in [0, 0.05) is 6.08 Å². The molecule has 0 aromatic heterocycles. The monoisotopic (exact) mass is 123 g/mol. The van der Waals surface area contributed by atoms with Crippen LogP contribution in [0.15, 0.2) is 28.8 Å². The van der Waals surface area contributed by atoms with Gasteiger partial charge in [-0.15, -0.1) is 0 Å². The zero-order valence-electron chi connectivity index (χ0n) is 5.55. The van der Waals surface area contributed by atoms with Crippen molar-refractivity contribution in [1.82, 2.24) is 0 Å². The normalized spacial score (nSPS) is 9.33. The minimum Gasteiger partial charge on any atom is -0.411 e. The van der Waals surface area contributed by atoms with Crippen LogP contribution in [0.25, 0.3) is 0 Å². The predicted octanol–water partition coefficient (Wildman–Crippen LogP) is 1.72. The summed E-state index contributed by atoms with van der Waals surface area (Å²) in [5, 5.41) is 11.0. The largest absolute Gasteiger partial charge is 0.411 e. The van der Waals surface area contributed by atoms with Crippen LogP contribution in [0.5, 0.6) is 0 Å². The second-order valence-electron chi connectivity index (χ2n) is 1.46. The van der Waals surface area contributed by atoms with Gasteiger partial charge in [0.1, 0.15) is 0 Å². The first kappa shape index (κ1) is 7.77. The number of rotatable bonds is 1. The molecule has 0 heterocycles. The summed E-state index contributed by atoms with van der Waals surface area (Å²) >= 11 is 0. The third kappa shape index (κ3) is 4.63. The van der Waals surface area contributed by atoms with Gasteiger partial charge in [0.2, 0.25) is 0 Å². The molecule has 0 saturated carbocycles. The van der Waals surface area contributed by atoms with Gasteiger partial charge >= 0.3 is 0 Å². The van der Waals surface area contributed by atoms with Gasteiger partial charge < -0.3 is 5.21 Å². The zero-order chi connectivity index (χ0) is 7.11. The standard InChI is InChI=1S/C7H9NO/c1-3-4-5-6-7(2)8-9/h3,6,9H,1-2H3. The van der Waals surface area contributed by atoms with Crippen molar-refractivity contribution in [3.8, 4) is 0 Å². The lowest BCUT2D eigenvalue weighted by Gasteiger charge is -1.76. The highest BCUT2D eigenvalue weighted by atomic mass is 16.4. The van der Waals surface area contributed by atoms with Gasteiger partial charge in [-0.1, -0.05) is 16.6 Å². The number of allylic oxidation sites excluding steroid dienone is 2. The van der Waals surface area contributed by atoms with Crippen LogP contribution in [0.1, 0.15) is 13.8 Å². The summed E-state index contributed by atoms with van der Waals surface area (Å²) in [7, 11) is 0. The number of hydrogen-bond donors (Lipinski definition) is 1. The van der Waals surface area contributed by atoms with Gasteiger partial charge in [0.05, 0.1) is 5.71 Å². The van der Waals surface area contributed by atoms with Crippen LogP contribution in [0.4, 0.5) is 0 Å². The minimum absolute atomic E-state index is 0.518. The lowest BCUT2D eigenvalue weighted by Crippen LogP contribution is -1.79. The fraction of sp³-hybridized carbons (Fsp3) is 0.286. The molecule has 0 fully saturated rings. The summed E-state index contributed by atoms with van der Waals surface area (Å²) in [6.45, 7) is 3.51. The number of hydrogen-bond acceptors (Lipinski definition) is 2. The first-order valence-electron chi connectivity index (χ1n) is 2.62. The molecule has 0 aliphatic carbocycles. The van der Waals surface area contributed by atoms with E-state index < -0.39 is 0 Å². The van der Waals surface area contributed by atoms with E-state index >= 15 is 0 Å². The van der Waals surface area contributed by atoms with Gasteiger partial charge in [0.15, 0.2) is 0 Å². The van der Waals surface area contributed by atoms with Crippen LogP contribution in [-0.4, -0.2) is 10.9 Å². The molecule has 0 saturated heterocycles. The SMILES string of the molecule is CC=C=C=CC(C)=NO. The minimum atomic E-state index is 0.518. The van der Waals surface area contributed by atoms with Gasteiger partial charge in [0.25, 0.3) is 0 Å². The number of nitrogens with zero attached hydrogens (tertiary/aromatic N) is 1. The molecule has 1 N–H and O–H groups in total. The maximum atomic E-state index is 8.11. The highest BCUT2D eigenvalue weighted by molar-refractivity contribution is 5.91. The van der Waals surface area contributed by atoms with E-state index in [9.17, 15) is 0 Å². The highest BCUT2D eigenvalue weighted by Gasteiger charge is 1.74. The van der Waals surface area contributed by atoms with Crippen molar-refractivity contribution >= 4 is 5.71 Å². The third-order valence-electron chi connectivity index (χ3n) is 0.666. The summed E-state index contributed by atoms with van der Waals surface area (Å²) < 4.78 is 0. The molecule has 0 amide bonds. The van der Waals surface area contributed by atoms with Crippen LogP contribution < -0.4 is 0 Å². The van der Waals surface area contributed by atoms with Crippen molar-refractivity contribution in [1.29, 1.82) is 0 Å². The van der Waals surface area contributed by atoms with E-state index in [1.54, 1.807) is 19.1 Å². The Morgan fingerprint density at radius 2 is 2.22 bits per heavy atom. The Kier molecular flexibility index (Phi) is 4.25. The van der Waals surface area contributed by atoms with Gasteiger partial charge in [-0.2, -0.15) is 0 Å². The molecular formula is C7H9NO. The smallest absolute Gasteiger partial charge is 0.0848 e. The maximum Gasteiger partial charge on any atom is 0.0848 e. The zero-order valence-corrected chi connectivity index (χ0v) is 5.55. The Labute approximate surface area is 54.5 Å². The Balaban J connectivity index is 4.17. The van der Waals surface area contributed by atoms with Crippen molar-refractivity contribution in [2.24, 2.45) is 5.16 Å². The number of oxime groups is 1. The molecular weight excluding hydrogens is 114 g/mol. The third-order valence-corrected chi connectivity index (χ3v) is 0.666. The summed E-state index contributed by atoms with van der Waals surface area (Å²) in [4.78, 5) is 0. The summed E-state index contributed by atoms with van der Waals surface area (Å²) in [6, 6.07) is 0. The fourth-order valence-corrected chi connectivity index (χ4v) is 0.258. The Bertz CT molecular complexity index is 191. The topological polar surface area (TPSA) is 32.6 Å². The first-order chi connectivity index (χ1) is 4.31. The molecule has 0 rings (SSSR count). The van der Waals surface area contributed by atoms with Crippen molar-refractivity contribution in [3.63, 3.8) is 0 Å². The molecule has 0 radical (unpaired) electrons. The molecule has 0 aliphatic rings. The molecule has 0 aliphatic heterocycles. The van der Waals surface area contributed by atoms with E-state index in [1.165, 1.54) is 0 Å². The maximum absolute atomic E-state index is 8.11. The lowest BCUT2D eigenvalue weighted by molar-refractivity contribution is 0.319. The van der Waals surface area contributed by atoms with Gasteiger partial charge in [-0.3, -0.25) is 0 Å². The average Bonchev–Trinajstić information content (AvgIpc) is 1.89. The average molecular weight is 123 g/mol. The van der Waals surface area contributed by atoms with Crippen molar-refractivity contribution in [2.45, 2.75) is 13.8 Å². The van der Waals surface area contributed by atoms with Crippen LogP contribution in [0.3, 0.4) is 0 Å². The molecule has 0 bridgehead atoms. The van der Waals surface area contributed by atoms with E-state index in [1.807, 2.05) is 6.92 Å². The Morgan fingerprint density at radius 3 is 2.67 bits per heavy atom. The van der Waals surface area contributed by atoms with E-state index in [-0.39, 0.29) is 0 Å². The molecule has 9 heavy (non-hydrogen) atoms. The summed E-state index contributed by atoms with van der Waals surface area (Å²) in [6.07, 6.45) is 3.27. The Morgan fingerprint density at radius 1 is 1.56 bits per heavy atom. The summed E-state index contributed by atoms with van der Waals surface area (Å²) in [5.74, 6) is 0. The molecule has 2 nitrogen and oxygen atoms in total. The van der Waals surface area contributed by atoms with E-state index in [4.69, 9.17) is 5.21 Å². The predicted molar refractivity (Wildman–Crippen MR) is 36.7 cm³/mol. The molecule has 0 aromatic rings. The Hall–Kier alpha value is -1.23. The van der Waals surface area contributed by atoms with Gasteiger partial charge in [-0.05, 0) is 19.9 Å². The molecule has 0 atom stereocenters. The second-order valence-corrected chi connectivity index (χ2v) is 1.46. The molecule has 0 unspecified atom stereocenters. The molecule has 48 valence electrons. The van der Waals surface area contributed by atoms with E-state index in [2.05, 4.69) is 16.6 Å². The van der Waals surface area contributed by atoms with Crippen molar-refractivity contribution in [2.75, 3.05) is 0 Å². The first-order valence-corrected chi connectivity index (χ1v) is 2.62. The molecule has 0 aromatic carbocycles.